The fourth-order valence-corrected chi connectivity index (χ4v) is 1.98. The number of nitrogens with zero attached hydrogens (tertiary/aromatic N) is 4. The third-order valence-corrected chi connectivity index (χ3v) is 3.70. The molecule has 0 amide bonds. The number of tetrazole rings is 1. The zero-order chi connectivity index (χ0) is 13.8. The second-order valence-electron chi connectivity index (χ2n) is 5.07. The van der Waals surface area contributed by atoms with Gasteiger partial charge in [-0.25, -0.2) is 4.68 Å². The highest BCUT2D eigenvalue weighted by molar-refractivity contribution is 5.54. The maximum Gasteiger partial charge on any atom is 0.143 e. The van der Waals surface area contributed by atoms with Crippen LogP contribution in [0.2, 0.25) is 0 Å². The molecule has 0 saturated heterocycles. The topological polar surface area (TPSA) is 55.6 Å². The largest absolute Gasteiger partial charge is 0.382 e. The molecule has 2 unspecified atom stereocenters. The van der Waals surface area contributed by atoms with Crippen LogP contribution in [0, 0.1) is 12.8 Å². The molecule has 1 aromatic heterocycles. The third kappa shape index (κ3) is 3.10. The van der Waals surface area contributed by atoms with E-state index in [4.69, 9.17) is 0 Å². The molecule has 19 heavy (non-hydrogen) atoms. The number of hydrogen-bond acceptors (Lipinski definition) is 4. The summed E-state index contributed by atoms with van der Waals surface area (Å²) < 4.78 is 1.69. The minimum atomic E-state index is 0.439. The molecule has 1 N–H and O–H groups in total. The van der Waals surface area contributed by atoms with Crippen LogP contribution in [0.3, 0.4) is 0 Å². The Morgan fingerprint density at radius 1 is 1.32 bits per heavy atom. The number of benzene rings is 1. The molecule has 0 saturated carbocycles. The van der Waals surface area contributed by atoms with E-state index in [2.05, 4.69) is 66.7 Å². The summed E-state index contributed by atoms with van der Waals surface area (Å²) in [6.07, 6.45) is 2.78. The summed E-state index contributed by atoms with van der Waals surface area (Å²) >= 11 is 0. The van der Waals surface area contributed by atoms with E-state index in [1.165, 1.54) is 6.42 Å². The van der Waals surface area contributed by atoms with Gasteiger partial charge in [0.25, 0.3) is 0 Å². The van der Waals surface area contributed by atoms with Crippen LogP contribution in [0.1, 0.15) is 32.8 Å². The van der Waals surface area contributed by atoms with E-state index in [0.29, 0.717) is 12.0 Å². The van der Waals surface area contributed by atoms with Crippen molar-refractivity contribution in [3.63, 3.8) is 0 Å². The lowest BCUT2D eigenvalue weighted by Crippen LogP contribution is -2.23. The smallest absolute Gasteiger partial charge is 0.143 e. The summed E-state index contributed by atoms with van der Waals surface area (Å²) in [5.74, 6) is 0.637. The van der Waals surface area contributed by atoms with Crippen molar-refractivity contribution < 1.29 is 0 Å². The molecule has 102 valence electrons. The minimum Gasteiger partial charge on any atom is -0.382 e. The summed E-state index contributed by atoms with van der Waals surface area (Å²) in [5, 5.41) is 14.9. The van der Waals surface area contributed by atoms with E-state index < -0.39 is 0 Å². The van der Waals surface area contributed by atoms with Gasteiger partial charge in [0.1, 0.15) is 6.33 Å². The molecule has 2 atom stereocenters. The number of anilines is 1. The molecule has 0 aliphatic heterocycles. The fourth-order valence-electron chi connectivity index (χ4n) is 1.98. The summed E-state index contributed by atoms with van der Waals surface area (Å²) in [6, 6.07) is 6.71. The van der Waals surface area contributed by atoms with Gasteiger partial charge in [-0.2, -0.15) is 0 Å². The lowest BCUT2D eigenvalue weighted by atomic mass is 10.0. The predicted molar refractivity (Wildman–Crippen MR) is 76.4 cm³/mol. The van der Waals surface area contributed by atoms with Gasteiger partial charge < -0.3 is 5.32 Å². The first kappa shape index (κ1) is 13.5. The van der Waals surface area contributed by atoms with Crippen LogP contribution in [0.4, 0.5) is 5.69 Å². The van der Waals surface area contributed by atoms with Crippen molar-refractivity contribution in [2.24, 2.45) is 5.92 Å². The average molecular weight is 259 g/mol. The van der Waals surface area contributed by atoms with Crippen LogP contribution < -0.4 is 5.32 Å². The normalized spacial score (nSPS) is 14.1. The molecule has 1 heterocycles. The Hall–Kier alpha value is -1.91. The van der Waals surface area contributed by atoms with Crippen LogP contribution in [-0.4, -0.2) is 26.2 Å². The van der Waals surface area contributed by atoms with Gasteiger partial charge in [-0.1, -0.05) is 26.3 Å². The van der Waals surface area contributed by atoms with Crippen LogP contribution in [0.5, 0.6) is 0 Å². The highest BCUT2D eigenvalue weighted by atomic mass is 15.5. The van der Waals surface area contributed by atoms with Gasteiger partial charge in [-0.05, 0) is 47.9 Å². The average Bonchev–Trinajstić information content (AvgIpc) is 2.93. The van der Waals surface area contributed by atoms with Crippen molar-refractivity contribution in [3.8, 4) is 5.69 Å². The van der Waals surface area contributed by atoms with E-state index in [1.807, 2.05) is 0 Å². The molecular formula is C14H21N5. The van der Waals surface area contributed by atoms with Crippen LogP contribution >= 0.6 is 0 Å². The first-order valence-electron chi connectivity index (χ1n) is 6.72. The van der Waals surface area contributed by atoms with Gasteiger partial charge in [0.2, 0.25) is 0 Å². The lowest BCUT2D eigenvalue weighted by Gasteiger charge is -2.21. The Balaban J connectivity index is 2.22. The maximum atomic E-state index is 3.95. The first-order chi connectivity index (χ1) is 9.11. The number of aromatic nitrogens is 4. The number of hydrogen-bond donors (Lipinski definition) is 1. The Morgan fingerprint density at radius 3 is 2.74 bits per heavy atom. The molecule has 2 rings (SSSR count). The van der Waals surface area contributed by atoms with Gasteiger partial charge in [-0.15, -0.1) is 5.10 Å². The van der Waals surface area contributed by atoms with Gasteiger partial charge in [-0.3, -0.25) is 0 Å². The second-order valence-corrected chi connectivity index (χ2v) is 5.07. The summed E-state index contributed by atoms with van der Waals surface area (Å²) in [7, 11) is 0. The zero-order valence-electron chi connectivity index (χ0n) is 12.0. The number of nitrogens with one attached hydrogen (secondary N) is 1. The van der Waals surface area contributed by atoms with Gasteiger partial charge >= 0.3 is 0 Å². The molecule has 0 bridgehead atoms. The Morgan fingerprint density at radius 2 is 2.11 bits per heavy atom. The highest BCUT2D eigenvalue weighted by Crippen LogP contribution is 2.20. The molecule has 5 heteroatoms. The summed E-state index contributed by atoms with van der Waals surface area (Å²) in [5.41, 5.74) is 3.25. The number of aryl methyl sites for hydroxylation is 1. The van der Waals surface area contributed by atoms with Gasteiger partial charge in [0.05, 0.1) is 5.69 Å². The summed E-state index contributed by atoms with van der Waals surface area (Å²) in [6.45, 7) is 8.74. The molecule has 5 nitrogen and oxygen atoms in total. The SMILES string of the molecule is CCC(C)C(C)Nc1ccc(C)c(-n2cnnn2)c1. The highest BCUT2D eigenvalue weighted by Gasteiger charge is 2.11. The Bertz CT molecular complexity index is 521. The van der Waals surface area contributed by atoms with E-state index in [1.54, 1.807) is 11.0 Å². The van der Waals surface area contributed by atoms with Crippen LogP contribution in [0.25, 0.3) is 5.69 Å². The van der Waals surface area contributed by atoms with Gasteiger partial charge in [0.15, 0.2) is 0 Å². The van der Waals surface area contributed by atoms with Crippen molar-refractivity contribution in [2.75, 3.05) is 5.32 Å². The molecular weight excluding hydrogens is 238 g/mol. The van der Waals surface area contributed by atoms with Crippen molar-refractivity contribution in [1.29, 1.82) is 0 Å². The fraction of sp³-hybridized carbons (Fsp3) is 0.500. The molecule has 0 aliphatic carbocycles. The van der Waals surface area contributed by atoms with Crippen molar-refractivity contribution in [1.82, 2.24) is 20.2 Å². The van der Waals surface area contributed by atoms with E-state index in [9.17, 15) is 0 Å². The monoisotopic (exact) mass is 259 g/mol. The maximum absolute atomic E-state index is 3.95. The zero-order valence-corrected chi connectivity index (χ0v) is 12.0. The molecule has 0 spiro atoms. The summed E-state index contributed by atoms with van der Waals surface area (Å²) in [4.78, 5) is 0. The van der Waals surface area contributed by atoms with E-state index >= 15 is 0 Å². The minimum absolute atomic E-state index is 0.439. The molecule has 0 aliphatic rings. The van der Waals surface area contributed by atoms with Crippen molar-refractivity contribution in [3.05, 3.63) is 30.1 Å². The molecule has 0 radical (unpaired) electrons. The molecule has 2 aromatic rings. The first-order valence-corrected chi connectivity index (χ1v) is 6.72. The Labute approximate surface area is 114 Å². The standard InChI is InChI=1S/C14H21N5/c1-5-10(2)12(4)16-13-7-6-11(3)14(8-13)19-9-15-17-18-19/h6-10,12,16H,5H2,1-4H3. The van der Waals surface area contributed by atoms with E-state index in [0.717, 1.165) is 16.9 Å². The van der Waals surface area contributed by atoms with Crippen LogP contribution in [0.15, 0.2) is 24.5 Å². The quantitative estimate of drug-likeness (QED) is 0.897. The predicted octanol–water partition coefficient (Wildman–Crippen LogP) is 2.82. The van der Waals surface area contributed by atoms with Crippen molar-refractivity contribution >= 4 is 5.69 Å². The van der Waals surface area contributed by atoms with Crippen molar-refractivity contribution in [2.45, 2.75) is 40.2 Å². The Kier molecular flexibility index (Phi) is 4.14. The lowest BCUT2D eigenvalue weighted by molar-refractivity contribution is 0.494. The molecule has 0 fully saturated rings. The molecule has 1 aromatic carbocycles. The van der Waals surface area contributed by atoms with Gasteiger partial charge in [0, 0.05) is 11.7 Å². The second kappa shape index (κ2) is 5.82. The van der Waals surface area contributed by atoms with Crippen LogP contribution in [-0.2, 0) is 0 Å². The number of rotatable bonds is 5. The van der Waals surface area contributed by atoms with E-state index in [-0.39, 0.29) is 0 Å². The third-order valence-electron chi connectivity index (χ3n) is 3.70.